The van der Waals surface area contributed by atoms with E-state index in [0.29, 0.717) is 25.6 Å². The first kappa shape index (κ1) is 19.7. The van der Waals surface area contributed by atoms with Crippen molar-refractivity contribution in [3.05, 3.63) is 35.4 Å². The molecule has 0 bridgehead atoms. The number of benzene rings is 1. The van der Waals surface area contributed by atoms with Gasteiger partial charge in [-0.3, -0.25) is 0 Å². The molecule has 1 aromatic carbocycles. The Hall–Kier alpha value is -1.60. The third kappa shape index (κ3) is 6.32. The van der Waals surface area contributed by atoms with E-state index in [-0.39, 0.29) is 0 Å². The van der Waals surface area contributed by atoms with Gasteiger partial charge in [-0.25, -0.2) is 17.7 Å². The average Bonchev–Trinajstić information content (AvgIpc) is 2.58. The van der Waals surface area contributed by atoms with Gasteiger partial charge in [0.25, 0.3) is 0 Å². The normalized spacial score (nSPS) is 17.5. The van der Waals surface area contributed by atoms with Gasteiger partial charge in [-0.15, -0.1) is 0 Å². The minimum atomic E-state index is -3.06. The summed E-state index contributed by atoms with van der Waals surface area (Å²) in [5.74, 6) is 1.29. The largest absolute Gasteiger partial charge is 0.357 e. The Balaban J connectivity index is 1.86. The van der Waals surface area contributed by atoms with Gasteiger partial charge in [-0.05, 0) is 43.7 Å². The molecule has 0 amide bonds. The van der Waals surface area contributed by atoms with Crippen LogP contribution in [0.1, 0.15) is 30.9 Å². The van der Waals surface area contributed by atoms with Gasteiger partial charge in [0.1, 0.15) is 0 Å². The van der Waals surface area contributed by atoms with Crippen molar-refractivity contribution in [1.29, 1.82) is 0 Å². The number of aryl methyl sites for hydroxylation is 1. The van der Waals surface area contributed by atoms with Gasteiger partial charge >= 0.3 is 0 Å². The zero-order chi connectivity index (χ0) is 18.3. The van der Waals surface area contributed by atoms with Crippen LogP contribution in [0.5, 0.6) is 0 Å². The molecule has 1 heterocycles. The molecular formula is C18H30N4O2S. The van der Waals surface area contributed by atoms with E-state index in [1.54, 1.807) is 4.31 Å². The number of aliphatic imine (C=N–C) groups is 1. The SMILES string of the molecule is CCNC(=NCc1ccccc1C)NCC1CCN(S(C)(=O)=O)CC1. The molecule has 0 spiro atoms. The molecule has 0 unspecified atom stereocenters. The molecule has 0 aliphatic carbocycles. The Kier molecular flexibility index (Phi) is 7.25. The lowest BCUT2D eigenvalue weighted by atomic mass is 9.98. The van der Waals surface area contributed by atoms with Crippen LogP contribution in [0.3, 0.4) is 0 Å². The van der Waals surface area contributed by atoms with Crippen molar-refractivity contribution in [3.63, 3.8) is 0 Å². The monoisotopic (exact) mass is 366 g/mol. The average molecular weight is 367 g/mol. The summed E-state index contributed by atoms with van der Waals surface area (Å²) in [6, 6.07) is 8.27. The molecule has 25 heavy (non-hydrogen) atoms. The fourth-order valence-corrected chi connectivity index (χ4v) is 3.85. The molecular weight excluding hydrogens is 336 g/mol. The van der Waals surface area contributed by atoms with Crippen molar-refractivity contribution < 1.29 is 8.42 Å². The van der Waals surface area contributed by atoms with E-state index in [0.717, 1.165) is 31.9 Å². The Bertz CT molecular complexity index is 680. The Morgan fingerprint density at radius 1 is 1.24 bits per heavy atom. The van der Waals surface area contributed by atoms with E-state index in [4.69, 9.17) is 0 Å². The van der Waals surface area contributed by atoms with E-state index >= 15 is 0 Å². The van der Waals surface area contributed by atoms with Crippen LogP contribution < -0.4 is 10.6 Å². The van der Waals surface area contributed by atoms with Crippen LogP contribution in [-0.4, -0.2) is 51.1 Å². The number of hydrogen-bond donors (Lipinski definition) is 2. The van der Waals surface area contributed by atoms with Crippen molar-refractivity contribution in [3.8, 4) is 0 Å². The van der Waals surface area contributed by atoms with Crippen molar-refractivity contribution >= 4 is 16.0 Å². The third-order valence-electron chi connectivity index (χ3n) is 4.61. The molecule has 0 saturated carbocycles. The molecule has 0 radical (unpaired) electrons. The Labute approximate surface area is 151 Å². The van der Waals surface area contributed by atoms with Gasteiger partial charge < -0.3 is 10.6 Å². The molecule has 1 saturated heterocycles. The predicted octanol–water partition coefficient (Wildman–Crippen LogP) is 1.72. The van der Waals surface area contributed by atoms with E-state index in [2.05, 4.69) is 41.6 Å². The van der Waals surface area contributed by atoms with Gasteiger partial charge in [0.05, 0.1) is 12.8 Å². The molecule has 2 rings (SSSR count). The van der Waals surface area contributed by atoms with Gasteiger partial charge in [-0.1, -0.05) is 24.3 Å². The first-order valence-electron chi connectivity index (χ1n) is 8.92. The van der Waals surface area contributed by atoms with Crippen LogP contribution in [0.2, 0.25) is 0 Å². The number of piperidine rings is 1. The molecule has 2 N–H and O–H groups in total. The van der Waals surface area contributed by atoms with Gasteiger partial charge in [0, 0.05) is 26.2 Å². The summed E-state index contributed by atoms with van der Waals surface area (Å²) in [7, 11) is -3.06. The minimum absolute atomic E-state index is 0.473. The second-order valence-electron chi connectivity index (χ2n) is 6.61. The first-order valence-corrected chi connectivity index (χ1v) is 10.8. The highest BCUT2D eigenvalue weighted by Crippen LogP contribution is 2.18. The van der Waals surface area contributed by atoms with Gasteiger partial charge in [0.2, 0.25) is 10.0 Å². The highest BCUT2D eigenvalue weighted by Gasteiger charge is 2.24. The van der Waals surface area contributed by atoms with E-state index in [1.807, 2.05) is 12.1 Å². The highest BCUT2D eigenvalue weighted by molar-refractivity contribution is 7.88. The summed E-state index contributed by atoms with van der Waals surface area (Å²) < 4.78 is 24.7. The number of sulfonamides is 1. The summed E-state index contributed by atoms with van der Waals surface area (Å²) in [6.07, 6.45) is 3.06. The van der Waals surface area contributed by atoms with Crippen LogP contribution in [-0.2, 0) is 16.6 Å². The van der Waals surface area contributed by atoms with Crippen molar-refractivity contribution in [2.45, 2.75) is 33.2 Å². The lowest BCUT2D eigenvalue weighted by Crippen LogP contribution is -2.44. The number of guanidine groups is 1. The van der Waals surface area contributed by atoms with Crippen LogP contribution >= 0.6 is 0 Å². The van der Waals surface area contributed by atoms with Crippen LogP contribution in [0, 0.1) is 12.8 Å². The van der Waals surface area contributed by atoms with E-state index in [1.165, 1.54) is 17.4 Å². The smallest absolute Gasteiger partial charge is 0.211 e. The maximum absolute atomic E-state index is 11.6. The molecule has 1 fully saturated rings. The second kappa shape index (κ2) is 9.20. The van der Waals surface area contributed by atoms with Crippen molar-refractivity contribution in [1.82, 2.24) is 14.9 Å². The van der Waals surface area contributed by atoms with E-state index < -0.39 is 10.0 Å². The minimum Gasteiger partial charge on any atom is -0.357 e. The number of nitrogens with zero attached hydrogens (tertiary/aromatic N) is 2. The highest BCUT2D eigenvalue weighted by atomic mass is 32.2. The quantitative estimate of drug-likeness (QED) is 0.594. The second-order valence-corrected chi connectivity index (χ2v) is 8.59. The van der Waals surface area contributed by atoms with E-state index in [9.17, 15) is 8.42 Å². The summed E-state index contributed by atoms with van der Waals surface area (Å²) in [6.45, 7) is 7.65. The number of rotatable bonds is 6. The maximum atomic E-state index is 11.6. The number of nitrogens with one attached hydrogen (secondary N) is 2. The molecule has 0 atom stereocenters. The summed E-state index contributed by atoms with van der Waals surface area (Å²) >= 11 is 0. The Morgan fingerprint density at radius 2 is 1.92 bits per heavy atom. The fourth-order valence-electron chi connectivity index (χ4n) is 2.98. The molecule has 7 heteroatoms. The lowest BCUT2D eigenvalue weighted by molar-refractivity contribution is 0.275. The zero-order valence-electron chi connectivity index (χ0n) is 15.5. The summed E-state index contributed by atoms with van der Waals surface area (Å²) in [5, 5.41) is 6.68. The van der Waals surface area contributed by atoms with Gasteiger partial charge in [-0.2, -0.15) is 0 Å². The van der Waals surface area contributed by atoms with Crippen molar-refractivity contribution in [2.75, 3.05) is 32.4 Å². The van der Waals surface area contributed by atoms with Gasteiger partial charge in [0.15, 0.2) is 5.96 Å². The number of hydrogen-bond acceptors (Lipinski definition) is 3. The van der Waals surface area contributed by atoms with Crippen LogP contribution in [0.25, 0.3) is 0 Å². The summed E-state index contributed by atoms with van der Waals surface area (Å²) in [5.41, 5.74) is 2.47. The molecule has 1 aliphatic rings. The molecule has 6 nitrogen and oxygen atoms in total. The van der Waals surface area contributed by atoms with Crippen LogP contribution in [0.15, 0.2) is 29.3 Å². The first-order chi connectivity index (χ1) is 11.9. The standard InChI is InChI=1S/C18H30N4O2S/c1-4-19-18(21-14-17-8-6-5-7-15(17)2)20-13-16-9-11-22(12-10-16)25(3,23)24/h5-8,16H,4,9-14H2,1-3H3,(H2,19,20,21). The summed E-state index contributed by atoms with van der Waals surface area (Å²) in [4.78, 5) is 4.67. The third-order valence-corrected chi connectivity index (χ3v) is 5.92. The lowest BCUT2D eigenvalue weighted by Gasteiger charge is -2.30. The molecule has 1 aliphatic heterocycles. The molecule has 140 valence electrons. The van der Waals surface area contributed by atoms with Crippen molar-refractivity contribution in [2.24, 2.45) is 10.9 Å². The predicted molar refractivity (Wildman–Crippen MR) is 103 cm³/mol. The fraction of sp³-hybridized carbons (Fsp3) is 0.611. The Morgan fingerprint density at radius 3 is 2.52 bits per heavy atom. The topological polar surface area (TPSA) is 73.8 Å². The maximum Gasteiger partial charge on any atom is 0.211 e. The van der Waals surface area contributed by atoms with Crippen LogP contribution in [0.4, 0.5) is 0 Å². The molecule has 1 aromatic rings. The zero-order valence-corrected chi connectivity index (χ0v) is 16.3. The molecule has 0 aromatic heterocycles.